The van der Waals surface area contributed by atoms with Crippen molar-refractivity contribution in [2.24, 2.45) is 5.92 Å². The molecule has 4 aromatic rings. The van der Waals surface area contributed by atoms with Crippen LogP contribution in [0.4, 0.5) is 24.5 Å². The van der Waals surface area contributed by atoms with Gasteiger partial charge in [0.2, 0.25) is 0 Å². The van der Waals surface area contributed by atoms with Crippen LogP contribution in [0.5, 0.6) is 11.5 Å². The fourth-order valence-electron chi connectivity index (χ4n) is 3.79. The highest BCUT2D eigenvalue weighted by Gasteiger charge is 2.41. The highest BCUT2D eigenvalue weighted by Crippen LogP contribution is 2.36. The predicted molar refractivity (Wildman–Crippen MR) is 133 cm³/mol. The summed E-state index contributed by atoms with van der Waals surface area (Å²) in [6.45, 7) is 3.36. The average Bonchev–Trinajstić information content (AvgIpc) is 3.38. The summed E-state index contributed by atoms with van der Waals surface area (Å²) in [5, 5.41) is 4.33. The molecule has 0 bridgehead atoms. The fraction of sp³-hybridized carbons (Fsp3) is 0.308. The average molecular weight is 514 g/mol. The van der Waals surface area contributed by atoms with E-state index in [9.17, 15) is 18.0 Å². The Morgan fingerprint density at radius 1 is 1.00 bits per heavy atom. The number of rotatable bonds is 9. The van der Waals surface area contributed by atoms with Gasteiger partial charge in [-0.15, -0.1) is 0 Å². The van der Waals surface area contributed by atoms with Gasteiger partial charge in [-0.1, -0.05) is 0 Å². The maximum atomic E-state index is 13.6. The lowest BCUT2D eigenvalue weighted by molar-refractivity contribution is -0.171. The molecule has 2 aromatic carbocycles. The zero-order valence-corrected chi connectivity index (χ0v) is 20.7. The van der Waals surface area contributed by atoms with Crippen LogP contribution >= 0.6 is 0 Å². The maximum Gasteiger partial charge on any atom is 0.400 e. The van der Waals surface area contributed by atoms with E-state index in [4.69, 9.17) is 9.47 Å². The minimum atomic E-state index is -4.72. The minimum Gasteiger partial charge on any atom is -0.497 e. The number of fused-ring (bicyclic) bond motifs is 1. The molecular formula is C26H26F3N5O3. The Balaban J connectivity index is 1.82. The zero-order chi connectivity index (χ0) is 26.7. The van der Waals surface area contributed by atoms with Crippen LogP contribution < -0.4 is 14.4 Å². The van der Waals surface area contributed by atoms with Crippen LogP contribution in [0.1, 0.15) is 19.9 Å². The second kappa shape index (κ2) is 10.5. The smallest absolute Gasteiger partial charge is 0.400 e. The van der Waals surface area contributed by atoms with E-state index in [0.717, 1.165) is 5.56 Å². The first kappa shape index (κ1) is 25.9. The van der Waals surface area contributed by atoms with Crippen LogP contribution in [-0.4, -0.2) is 53.0 Å². The van der Waals surface area contributed by atoms with E-state index in [-0.39, 0.29) is 12.3 Å². The highest BCUT2D eigenvalue weighted by atomic mass is 19.4. The lowest BCUT2D eigenvalue weighted by Gasteiger charge is -2.29. The standard InChI is InChI=1S/C26H26F3N5O3/c1-16(2)34-13-17(11-31-34)25-12-30-23-6-5-19(9-24(23)32-25)33(14-18(15-35)26(27,28)29)20-7-21(36-3)10-22(8-20)37-4/h5-13,15-16,18H,14H2,1-4H3/t18-/m0/s1. The van der Waals surface area contributed by atoms with Crippen molar-refractivity contribution >= 4 is 28.7 Å². The van der Waals surface area contributed by atoms with E-state index in [2.05, 4.69) is 15.1 Å². The van der Waals surface area contributed by atoms with Crippen LogP contribution in [0, 0.1) is 5.92 Å². The summed E-state index contributed by atoms with van der Waals surface area (Å²) >= 11 is 0. The summed E-state index contributed by atoms with van der Waals surface area (Å²) < 4.78 is 53.3. The number of hydrogen-bond acceptors (Lipinski definition) is 7. The van der Waals surface area contributed by atoms with Crippen molar-refractivity contribution < 1.29 is 27.4 Å². The molecule has 0 spiro atoms. The Morgan fingerprint density at radius 2 is 1.70 bits per heavy atom. The molecule has 0 amide bonds. The summed E-state index contributed by atoms with van der Waals surface area (Å²) in [4.78, 5) is 22.0. The van der Waals surface area contributed by atoms with Gasteiger partial charge in [0.1, 0.15) is 23.7 Å². The van der Waals surface area contributed by atoms with Gasteiger partial charge in [-0.3, -0.25) is 9.67 Å². The Morgan fingerprint density at radius 3 is 2.27 bits per heavy atom. The molecule has 0 aliphatic rings. The van der Waals surface area contributed by atoms with Gasteiger partial charge in [-0.25, -0.2) is 4.98 Å². The summed E-state index contributed by atoms with van der Waals surface area (Å²) in [6.07, 6.45) is 0.364. The number of aldehydes is 1. The van der Waals surface area contributed by atoms with Crippen LogP contribution in [0.2, 0.25) is 0 Å². The van der Waals surface area contributed by atoms with E-state index >= 15 is 0 Å². The molecule has 0 aliphatic heterocycles. The first-order chi connectivity index (χ1) is 17.6. The van der Waals surface area contributed by atoms with Crippen LogP contribution in [0.25, 0.3) is 22.3 Å². The third kappa shape index (κ3) is 5.65. The van der Waals surface area contributed by atoms with Crippen LogP contribution in [-0.2, 0) is 4.79 Å². The molecule has 194 valence electrons. The number of methoxy groups -OCH3 is 2. The van der Waals surface area contributed by atoms with Gasteiger partial charge in [0, 0.05) is 53.9 Å². The molecular weight excluding hydrogens is 487 g/mol. The van der Waals surface area contributed by atoms with E-state index in [1.165, 1.54) is 19.1 Å². The van der Waals surface area contributed by atoms with E-state index in [0.29, 0.717) is 39.6 Å². The van der Waals surface area contributed by atoms with Crippen molar-refractivity contribution in [1.82, 2.24) is 19.7 Å². The van der Waals surface area contributed by atoms with E-state index in [1.807, 2.05) is 20.0 Å². The van der Waals surface area contributed by atoms with Crippen molar-refractivity contribution in [3.63, 3.8) is 0 Å². The Hall–Kier alpha value is -4.15. The molecule has 2 aromatic heterocycles. The number of benzene rings is 2. The summed E-state index contributed by atoms with van der Waals surface area (Å²) in [7, 11) is 2.89. The van der Waals surface area contributed by atoms with E-state index in [1.54, 1.807) is 53.5 Å². The minimum absolute atomic E-state index is 0.0876. The lowest BCUT2D eigenvalue weighted by atomic mass is 10.1. The molecule has 0 fully saturated rings. The van der Waals surface area contributed by atoms with Gasteiger partial charge in [-0.2, -0.15) is 18.3 Å². The van der Waals surface area contributed by atoms with Crippen molar-refractivity contribution in [2.75, 3.05) is 25.7 Å². The van der Waals surface area contributed by atoms with Gasteiger partial charge >= 0.3 is 6.18 Å². The number of nitrogens with zero attached hydrogens (tertiary/aromatic N) is 5. The van der Waals surface area contributed by atoms with Crippen molar-refractivity contribution in [1.29, 1.82) is 0 Å². The number of carbonyl (C=O) groups excluding carboxylic acids is 1. The molecule has 1 atom stereocenters. The molecule has 4 rings (SSSR count). The number of halogens is 3. The summed E-state index contributed by atoms with van der Waals surface area (Å²) in [5.74, 6) is -1.45. The van der Waals surface area contributed by atoms with Gasteiger partial charge in [0.15, 0.2) is 0 Å². The van der Waals surface area contributed by atoms with Crippen molar-refractivity contribution in [3.05, 3.63) is 55.0 Å². The molecule has 0 radical (unpaired) electrons. The fourth-order valence-corrected chi connectivity index (χ4v) is 3.79. The Labute approximate surface area is 211 Å². The molecule has 37 heavy (non-hydrogen) atoms. The van der Waals surface area contributed by atoms with Crippen LogP contribution in [0.3, 0.4) is 0 Å². The maximum absolute atomic E-state index is 13.6. The second-order valence-electron chi connectivity index (χ2n) is 8.70. The number of carbonyl (C=O) groups is 1. The van der Waals surface area contributed by atoms with Gasteiger partial charge in [0.25, 0.3) is 0 Å². The normalized spacial score (nSPS) is 12.5. The molecule has 0 N–H and O–H groups in total. The molecule has 0 aliphatic carbocycles. The number of aromatic nitrogens is 4. The van der Waals surface area contributed by atoms with Gasteiger partial charge < -0.3 is 19.2 Å². The second-order valence-corrected chi connectivity index (χ2v) is 8.70. The molecule has 11 heteroatoms. The van der Waals surface area contributed by atoms with Crippen molar-refractivity contribution in [2.45, 2.75) is 26.1 Å². The number of hydrogen-bond donors (Lipinski definition) is 0. The van der Waals surface area contributed by atoms with Gasteiger partial charge in [-0.05, 0) is 32.0 Å². The number of ether oxygens (including phenoxy) is 2. The molecule has 2 heterocycles. The Bertz CT molecular complexity index is 1380. The quantitative estimate of drug-likeness (QED) is 0.269. The van der Waals surface area contributed by atoms with Crippen LogP contribution in [0.15, 0.2) is 55.0 Å². The molecule has 0 unspecified atom stereocenters. The monoisotopic (exact) mass is 513 g/mol. The van der Waals surface area contributed by atoms with Gasteiger partial charge in [0.05, 0.1) is 43.3 Å². The third-order valence-corrected chi connectivity index (χ3v) is 5.88. The molecule has 0 saturated carbocycles. The zero-order valence-electron chi connectivity index (χ0n) is 20.7. The molecule has 8 nitrogen and oxygen atoms in total. The summed E-state index contributed by atoms with van der Waals surface area (Å²) in [5.41, 5.74) is 3.13. The predicted octanol–water partition coefficient (Wildman–Crippen LogP) is 5.61. The highest BCUT2D eigenvalue weighted by molar-refractivity contribution is 5.83. The largest absolute Gasteiger partial charge is 0.497 e. The van der Waals surface area contributed by atoms with E-state index < -0.39 is 18.6 Å². The topological polar surface area (TPSA) is 82.4 Å². The van der Waals surface area contributed by atoms with Crippen molar-refractivity contribution in [3.8, 4) is 22.8 Å². The first-order valence-corrected chi connectivity index (χ1v) is 11.5. The number of alkyl halides is 3. The summed E-state index contributed by atoms with van der Waals surface area (Å²) in [6, 6.07) is 9.88. The molecule has 0 saturated heterocycles. The number of anilines is 2. The lowest BCUT2D eigenvalue weighted by Crippen LogP contribution is -2.35. The third-order valence-electron chi connectivity index (χ3n) is 5.88. The SMILES string of the molecule is COc1cc(OC)cc(N(C[C@@H](C=O)C(F)(F)F)c2ccc3ncc(-c4cnn(C(C)C)c4)nc3c2)c1. The Kier molecular flexibility index (Phi) is 7.33. The first-order valence-electron chi connectivity index (χ1n) is 11.5.